The molecule has 0 unspecified atom stereocenters. The molecule has 0 aromatic heterocycles. The van der Waals surface area contributed by atoms with Crippen LogP contribution in [0.1, 0.15) is 20.8 Å². The zero-order valence-corrected chi connectivity index (χ0v) is 7.10. The van der Waals surface area contributed by atoms with Gasteiger partial charge >= 0.3 is 5.97 Å². The van der Waals surface area contributed by atoms with Gasteiger partial charge in [0, 0.05) is 5.57 Å². The number of allylic oxidation sites excluding steroid dienone is 1. The summed E-state index contributed by atoms with van der Waals surface area (Å²) in [5.41, 5.74) is 0.614. The average molecular weight is 152 g/mol. The normalized spacial score (nSPS) is 9.91. The molecule has 11 heavy (non-hydrogen) atoms. The number of hydrogen-bond acceptors (Lipinski definition) is 2. The first-order valence-electron chi connectivity index (χ1n) is 3.42. The lowest BCUT2D eigenvalue weighted by Gasteiger charge is -1.98. The molecular formula is C9H12O2. The molecule has 0 fully saturated rings. The van der Waals surface area contributed by atoms with E-state index in [-0.39, 0.29) is 12.6 Å². The maximum absolute atomic E-state index is 10.9. The zero-order chi connectivity index (χ0) is 8.69. The summed E-state index contributed by atoms with van der Waals surface area (Å²) in [6.07, 6.45) is 1.71. The van der Waals surface area contributed by atoms with Crippen LogP contribution in [-0.4, -0.2) is 12.6 Å². The maximum atomic E-state index is 10.9. The predicted octanol–water partition coefficient (Wildman–Crippen LogP) is 1.52. The van der Waals surface area contributed by atoms with Gasteiger partial charge in [0.05, 0.1) is 0 Å². The first-order valence-corrected chi connectivity index (χ1v) is 3.42. The molecule has 0 amide bonds. The molecule has 60 valence electrons. The summed E-state index contributed by atoms with van der Waals surface area (Å²) >= 11 is 0. The summed E-state index contributed by atoms with van der Waals surface area (Å²) in [6, 6.07) is 0. The van der Waals surface area contributed by atoms with Crippen molar-refractivity contribution in [3.8, 4) is 11.8 Å². The van der Waals surface area contributed by atoms with Crippen molar-refractivity contribution in [2.45, 2.75) is 20.8 Å². The van der Waals surface area contributed by atoms with Gasteiger partial charge in [0.2, 0.25) is 0 Å². The summed E-state index contributed by atoms with van der Waals surface area (Å²) in [5.74, 6) is 4.98. The monoisotopic (exact) mass is 152 g/mol. The van der Waals surface area contributed by atoms with Crippen molar-refractivity contribution in [2.75, 3.05) is 6.61 Å². The molecule has 2 nitrogen and oxygen atoms in total. The summed E-state index contributed by atoms with van der Waals surface area (Å²) in [6.45, 7) is 5.39. The number of ether oxygens (including phenoxy) is 1. The topological polar surface area (TPSA) is 26.3 Å². The van der Waals surface area contributed by atoms with E-state index >= 15 is 0 Å². The van der Waals surface area contributed by atoms with E-state index in [1.165, 1.54) is 0 Å². The average Bonchev–Trinajstić information content (AvgIpc) is 2.03. The molecule has 0 aliphatic rings. The molecule has 0 rings (SSSR count). The number of esters is 1. The molecule has 0 N–H and O–H groups in total. The van der Waals surface area contributed by atoms with E-state index in [0.29, 0.717) is 5.57 Å². The van der Waals surface area contributed by atoms with Crippen molar-refractivity contribution in [3.05, 3.63) is 11.6 Å². The van der Waals surface area contributed by atoms with Crippen molar-refractivity contribution >= 4 is 5.97 Å². The lowest BCUT2D eigenvalue weighted by molar-refractivity contribution is -0.137. The summed E-state index contributed by atoms with van der Waals surface area (Å²) in [4.78, 5) is 10.9. The van der Waals surface area contributed by atoms with Crippen LogP contribution in [0, 0.1) is 11.8 Å². The molecule has 0 heterocycles. The quantitative estimate of drug-likeness (QED) is 0.340. The Morgan fingerprint density at radius 3 is 2.73 bits per heavy atom. The van der Waals surface area contributed by atoms with Crippen LogP contribution in [0.3, 0.4) is 0 Å². The highest BCUT2D eigenvalue weighted by Crippen LogP contribution is 1.94. The largest absolute Gasteiger partial charge is 0.449 e. The van der Waals surface area contributed by atoms with Gasteiger partial charge in [-0.25, -0.2) is 4.79 Å². The molecule has 0 aliphatic heterocycles. The van der Waals surface area contributed by atoms with Crippen LogP contribution in [-0.2, 0) is 9.53 Å². The predicted molar refractivity (Wildman–Crippen MR) is 43.8 cm³/mol. The van der Waals surface area contributed by atoms with Gasteiger partial charge in [0.1, 0.15) is 0 Å². The van der Waals surface area contributed by atoms with Crippen LogP contribution >= 0.6 is 0 Å². The highest BCUT2D eigenvalue weighted by Gasteiger charge is 2.01. The number of rotatable bonds is 2. The molecule has 0 saturated heterocycles. The van der Waals surface area contributed by atoms with Crippen LogP contribution < -0.4 is 0 Å². The molecule has 0 saturated carbocycles. The van der Waals surface area contributed by atoms with E-state index < -0.39 is 0 Å². The van der Waals surface area contributed by atoms with E-state index in [9.17, 15) is 4.79 Å². The van der Waals surface area contributed by atoms with E-state index in [2.05, 4.69) is 11.8 Å². The van der Waals surface area contributed by atoms with Crippen LogP contribution in [0.2, 0.25) is 0 Å². The Morgan fingerprint density at radius 2 is 2.27 bits per heavy atom. The second kappa shape index (κ2) is 5.55. The Bertz CT molecular complexity index is 215. The highest BCUT2D eigenvalue weighted by molar-refractivity contribution is 5.87. The Balaban J connectivity index is 3.76. The van der Waals surface area contributed by atoms with Crippen molar-refractivity contribution in [1.82, 2.24) is 0 Å². The van der Waals surface area contributed by atoms with Gasteiger partial charge in [-0.1, -0.05) is 12.0 Å². The van der Waals surface area contributed by atoms with Gasteiger partial charge < -0.3 is 4.74 Å². The Kier molecular flexibility index (Phi) is 4.93. The molecule has 2 heteroatoms. The number of carbonyl (C=O) groups is 1. The SMILES string of the molecule is CC#CCOC(=O)/C(C)=C\C. The van der Waals surface area contributed by atoms with Gasteiger partial charge in [0.25, 0.3) is 0 Å². The molecule has 0 aliphatic carbocycles. The minimum absolute atomic E-state index is 0.181. The first-order chi connectivity index (χ1) is 5.22. The Hall–Kier alpha value is -1.23. The van der Waals surface area contributed by atoms with E-state index in [0.717, 1.165) is 0 Å². The standard InChI is InChI=1S/C9H12O2/c1-4-6-7-11-9(10)8(3)5-2/h5H,7H2,1-3H3/b8-5-. The second-order valence-corrected chi connectivity index (χ2v) is 1.97. The minimum atomic E-state index is -0.296. The van der Waals surface area contributed by atoms with E-state index in [1.807, 2.05) is 0 Å². The first kappa shape index (κ1) is 9.77. The Morgan fingerprint density at radius 1 is 1.64 bits per heavy atom. The molecule has 0 aromatic carbocycles. The van der Waals surface area contributed by atoms with Crippen LogP contribution in [0.4, 0.5) is 0 Å². The van der Waals surface area contributed by atoms with Gasteiger partial charge in [-0.05, 0) is 20.8 Å². The summed E-state index contributed by atoms with van der Waals surface area (Å²) in [7, 11) is 0. The van der Waals surface area contributed by atoms with Crippen LogP contribution in [0.5, 0.6) is 0 Å². The minimum Gasteiger partial charge on any atom is -0.449 e. The number of carbonyl (C=O) groups excluding carboxylic acids is 1. The molecular weight excluding hydrogens is 140 g/mol. The molecule has 0 spiro atoms. The van der Waals surface area contributed by atoms with Gasteiger partial charge in [0.15, 0.2) is 6.61 Å². The van der Waals surface area contributed by atoms with Crippen molar-refractivity contribution in [2.24, 2.45) is 0 Å². The number of hydrogen-bond donors (Lipinski definition) is 0. The third kappa shape index (κ3) is 4.21. The zero-order valence-electron chi connectivity index (χ0n) is 7.10. The van der Waals surface area contributed by atoms with Crippen LogP contribution in [0.15, 0.2) is 11.6 Å². The van der Waals surface area contributed by atoms with Gasteiger partial charge in [-0.3, -0.25) is 0 Å². The molecule has 0 bridgehead atoms. The fourth-order valence-electron chi connectivity index (χ4n) is 0.405. The van der Waals surface area contributed by atoms with Gasteiger partial charge in [-0.2, -0.15) is 0 Å². The van der Waals surface area contributed by atoms with Crippen LogP contribution in [0.25, 0.3) is 0 Å². The molecule has 0 atom stereocenters. The molecule has 0 aromatic rings. The van der Waals surface area contributed by atoms with Crippen molar-refractivity contribution < 1.29 is 9.53 Å². The fourth-order valence-corrected chi connectivity index (χ4v) is 0.405. The Labute approximate surface area is 67.2 Å². The highest BCUT2D eigenvalue weighted by atomic mass is 16.5. The van der Waals surface area contributed by atoms with Gasteiger partial charge in [-0.15, -0.1) is 5.92 Å². The lowest BCUT2D eigenvalue weighted by atomic mass is 10.3. The van der Waals surface area contributed by atoms with Crippen molar-refractivity contribution in [3.63, 3.8) is 0 Å². The smallest absolute Gasteiger partial charge is 0.334 e. The summed E-state index contributed by atoms with van der Waals surface area (Å²) < 4.78 is 4.75. The van der Waals surface area contributed by atoms with E-state index in [1.54, 1.807) is 26.8 Å². The molecule has 0 radical (unpaired) electrons. The third-order valence-corrected chi connectivity index (χ3v) is 1.21. The van der Waals surface area contributed by atoms with E-state index in [4.69, 9.17) is 4.74 Å². The van der Waals surface area contributed by atoms with Crippen molar-refractivity contribution in [1.29, 1.82) is 0 Å². The lowest BCUT2D eigenvalue weighted by Crippen LogP contribution is -2.05. The summed E-state index contributed by atoms with van der Waals surface area (Å²) in [5, 5.41) is 0. The maximum Gasteiger partial charge on any atom is 0.334 e. The fraction of sp³-hybridized carbons (Fsp3) is 0.444. The third-order valence-electron chi connectivity index (χ3n) is 1.21. The second-order valence-electron chi connectivity index (χ2n) is 1.97.